The summed E-state index contributed by atoms with van der Waals surface area (Å²) in [5, 5.41) is 10.9. The molecule has 88 valence electrons. The van der Waals surface area contributed by atoms with Crippen molar-refractivity contribution in [3.05, 3.63) is 22.7 Å². The van der Waals surface area contributed by atoms with E-state index in [1.807, 2.05) is 6.92 Å². The molecule has 0 aromatic heterocycles. The first kappa shape index (κ1) is 12.6. The second-order valence-corrected chi connectivity index (χ2v) is 3.53. The van der Waals surface area contributed by atoms with Gasteiger partial charge in [0.15, 0.2) is 11.5 Å². The number of benzene rings is 1. The molecule has 0 aliphatic rings. The quantitative estimate of drug-likeness (QED) is 0.786. The van der Waals surface area contributed by atoms with Crippen molar-refractivity contribution in [2.45, 2.75) is 13.3 Å². The predicted octanol–water partition coefficient (Wildman–Crippen LogP) is 1.50. The van der Waals surface area contributed by atoms with Crippen molar-refractivity contribution in [3.63, 3.8) is 0 Å². The van der Waals surface area contributed by atoms with Gasteiger partial charge >= 0.3 is 0 Å². The van der Waals surface area contributed by atoms with E-state index < -0.39 is 5.97 Å². The number of carbonyl (C=O) groups excluding carboxylic acids is 1. The molecule has 0 aliphatic heterocycles. The third-order valence-corrected chi connectivity index (χ3v) is 2.20. The predicted molar refractivity (Wildman–Crippen MR) is 58.1 cm³/mol. The molecule has 0 atom stereocenters. The molecular weight excluding hydrogens is 232 g/mol. The molecule has 1 aromatic rings. The van der Waals surface area contributed by atoms with Crippen LogP contribution in [0.3, 0.4) is 0 Å². The van der Waals surface area contributed by atoms with Crippen LogP contribution in [0.4, 0.5) is 0 Å². The van der Waals surface area contributed by atoms with Crippen LogP contribution in [0.1, 0.15) is 23.7 Å². The van der Waals surface area contributed by atoms with Gasteiger partial charge in [-0.25, -0.2) is 0 Å². The molecule has 0 radical (unpaired) electrons. The first-order valence-electron chi connectivity index (χ1n) is 4.81. The van der Waals surface area contributed by atoms with E-state index in [1.54, 1.807) is 0 Å². The fraction of sp³-hybridized carbons (Fsp3) is 0.364. The molecule has 16 heavy (non-hydrogen) atoms. The summed E-state index contributed by atoms with van der Waals surface area (Å²) >= 11 is 5.90. The van der Waals surface area contributed by atoms with Crippen LogP contribution >= 0.6 is 11.6 Å². The van der Waals surface area contributed by atoms with Crippen molar-refractivity contribution >= 4 is 17.6 Å². The van der Waals surface area contributed by atoms with E-state index >= 15 is 0 Å². The highest BCUT2D eigenvalue weighted by molar-refractivity contribution is 6.32. The molecular formula is C11H12ClO4-. The SMILES string of the molecule is CCCOc1c(Cl)cc(C(=O)[O-])cc1OC. The van der Waals surface area contributed by atoms with Gasteiger partial charge in [-0.05, 0) is 18.6 Å². The van der Waals surface area contributed by atoms with Gasteiger partial charge in [0, 0.05) is 5.56 Å². The van der Waals surface area contributed by atoms with Crippen molar-refractivity contribution in [3.8, 4) is 11.5 Å². The van der Waals surface area contributed by atoms with Crippen LogP contribution in [0.5, 0.6) is 11.5 Å². The normalized spacial score (nSPS) is 9.94. The van der Waals surface area contributed by atoms with Gasteiger partial charge in [-0.3, -0.25) is 0 Å². The number of carboxylic acids is 1. The largest absolute Gasteiger partial charge is 0.545 e. The number of aromatic carboxylic acids is 1. The Bertz CT molecular complexity index is 390. The Morgan fingerprint density at radius 1 is 1.50 bits per heavy atom. The van der Waals surface area contributed by atoms with Crippen molar-refractivity contribution < 1.29 is 19.4 Å². The standard InChI is InChI=1S/C11H13ClO4/c1-3-4-16-10-8(12)5-7(11(13)14)6-9(10)15-2/h5-6H,3-4H2,1-2H3,(H,13,14)/p-1. The van der Waals surface area contributed by atoms with Crippen LogP contribution in [-0.4, -0.2) is 19.7 Å². The number of methoxy groups -OCH3 is 1. The summed E-state index contributed by atoms with van der Waals surface area (Å²) in [4.78, 5) is 10.7. The summed E-state index contributed by atoms with van der Waals surface area (Å²) in [5.41, 5.74) is -0.0364. The molecule has 0 saturated carbocycles. The van der Waals surface area contributed by atoms with E-state index in [4.69, 9.17) is 21.1 Å². The summed E-state index contributed by atoms with van der Waals surface area (Å²) in [6.07, 6.45) is 0.821. The zero-order chi connectivity index (χ0) is 12.1. The van der Waals surface area contributed by atoms with Crippen molar-refractivity contribution in [2.24, 2.45) is 0 Å². The number of carboxylic acid groups (broad SMARTS) is 1. The third kappa shape index (κ3) is 2.79. The molecule has 0 aliphatic carbocycles. The number of halogens is 1. The van der Waals surface area contributed by atoms with Crippen molar-refractivity contribution in [1.29, 1.82) is 0 Å². The van der Waals surface area contributed by atoms with E-state index in [2.05, 4.69) is 0 Å². The molecule has 1 aromatic carbocycles. The molecule has 1 rings (SSSR count). The molecule has 5 heteroatoms. The first-order chi connectivity index (χ1) is 7.60. The average Bonchev–Trinajstić information content (AvgIpc) is 2.26. The maximum atomic E-state index is 10.7. The van der Waals surface area contributed by atoms with E-state index in [9.17, 15) is 9.90 Å². The number of ether oxygens (including phenoxy) is 2. The summed E-state index contributed by atoms with van der Waals surface area (Å²) in [7, 11) is 1.42. The lowest BCUT2D eigenvalue weighted by atomic mass is 10.2. The Morgan fingerprint density at radius 2 is 2.19 bits per heavy atom. The minimum Gasteiger partial charge on any atom is -0.545 e. The highest BCUT2D eigenvalue weighted by Gasteiger charge is 2.12. The molecule has 0 saturated heterocycles. The second kappa shape index (κ2) is 5.61. The lowest BCUT2D eigenvalue weighted by molar-refractivity contribution is -0.255. The maximum Gasteiger partial charge on any atom is 0.179 e. The van der Waals surface area contributed by atoms with Crippen LogP contribution in [0.25, 0.3) is 0 Å². The van der Waals surface area contributed by atoms with Crippen molar-refractivity contribution in [2.75, 3.05) is 13.7 Å². The molecule has 0 amide bonds. The molecule has 0 fully saturated rings. The number of carbonyl (C=O) groups is 1. The zero-order valence-corrected chi connectivity index (χ0v) is 9.84. The van der Waals surface area contributed by atoms with Crippen LogP contribution in [-0.2, 0) is 0 Å². The monoisotopic (exact) mass is 243 g/mol. The smallest absolute Gasteiger partial charge is 0.179 e. The molecule has 0 bridgehead atoms. The van der Waals surface area contributed by atoms with Crippen molar-refractivity contribution in [1.82, 2.24) is 0 Å². The summed E-state index contributed by atoms with van der Waals surface area (Å²) in [6, 6.07) is 2.61. The van der Waals surface area contributed by atoms with Gasteiger partial charge in [0.1, 0.15) is 0 Å². The topological polar surface area (TPSA) is 58.6 Å². The molecule has 0 N–H and O–H groups in total. The fourth-order valence-corrected chi connectivity index (χ4v) is 1.45. The van der Waals surface area contributed by atoms with Gasteiger partial charge in [-0.1, -0.05) is 18.5 Å². The van der Waals surface area contributed by atoms with Gasteiger partial charge in [-0.2, -0.15) is 0 Å². The lowest BCUT2D eigenvalue weighted by Gasteiger charge is -2.13. The first-order valence-corrected chi connectivity index (χ1v) is 5.19. The Kier molecular flexibility index (Phi) is 4.43. The molecule has 0 spiro atoms. The van der Waals surface area contributed by atoms with Gasteiger partial charge in [0.2, 0.25) is 0 Å². The minimum absolute atomic E-state index is 0.0364. The summed E-state index contributed by atoms with van der Waals surface area (Å²) in [5.74, 6) is -0.654. The maximum absolute atomic E-state index is 10.7. The number of rotatable bonds is 5. The summed E-state index contributed by atoms with van der Waals surface area (Å²) in [6.45, 7) is 2.44. The highest BCUT2D eigenvalue weighted by atomic mass is 35.5. The van der Waals surface area contributed by atoms with Crippen LogP contribution in [0.15, 0.2) is 12.1 Å². The van der Waals surface area contributed by atoms with Gasteiger partial charge in [-0.15, -0.1) is 0 Å². The Hall–Kier alpha value is -1.42. The van der Waals surface area contributed by atoms with Gasteiger partial charge in [0.05, 0.1) is 24.7 Å². The average molecular weight is 244 g/mol. The number of hydrogen-bond donors (Lipinski definition) is 0. The second-order valence-electron chi connectivity index (χ2n) is 3.13. The lowest BCUT2D eigenvalue weighted by Crippen LogP contribution is -2.22. The number of hydrogen-bond acceptors (Lipinski definition) is 4. The van der Waals surface area contributed by atoms with E-state index in [1.165, 1.54) is 19.2 Å². The fourth-order valence-electron chi connectivity index (χ4n) is 1.18. The van der Waals surface area contributed by atoms with Crippen LogP contribution in [0.2, 0.25) is 5.02 Å². The third-order valence-electron chi connectivity index (χ3n) is 1.92. The van der Waals surface area contributed by atoms with Crippen LogP contribution < -0.4 is 14.6 Å². The van der Waals surface area contributed by atoms with Gasteiger partial charge < -0.3 is 19.4 Å². The van der Waals surface area contributed by atoms with Gasteiger partial charge in [0.25, 0.3) is 0 Å². The molecule has 0 heterocycles. The van der Waals surface area contributed by atoms with E-state index in [-0.39, 0.29) is 10.6 Å². The zero-order valence-electron chi connectivity index (χ0n) is 9.08. The Morgan fingerprint density at radius 3 is 2.69 bits per heavy atom. The summed E-state index contributed by atoms with van der Waals surface area (Å²) < 4.78 is 10.4. The van der Waals surface area contributed by atoms with E-state index in [0.29, 0.717) is 18.1 Å². The molecule has 0 unspecified atom stereocenters. The van der Waals surface area contributed by atoms with E-state index in [0.717, 1.165) is 6.42 Å². The Labute approximate surface area is 98.7 Å². The minimum atomic E-state index is -1.30. The van der Waals surface area contributed by atoms with Crippen LogP contribution in [0, 0.1) is 0 Å². The molecule has 4 nitrogen and oxygen atoms in total. The highest BCUT2D eigenvalue weighted by Crippen LogP contribution is 2.36. The Balaban J connectivity index is 3.12.